The van der Waals surface area contributed by atoms with Crippen molar-refractivity contribution in [1.82, 2.24) is 5.43 Å². The van der Waals surface area contributed by atoms with Crippen LogP contribution in [0.4, 0.5) is 0 Å². The van der Waals surface area contributed by atoms with Crippen molar-refractivity contribution in [2.75, 3.05) is 0 Å². The predicted octanol–water partition coefficient (Wildman–Crippen LogP) is 2.03. The molecule has 0 heterocycles. The van der Waals surface area contributed by atoms with Crippen molar-refractivity contribution >= 4 is 10.8 Å². The van der Waals surface area contributed by atoms with Crippen molar-refractivity contribution < 1.29 is 4.74 Å². The van der Waals surface area contributed by atoms with Gasteiger partial charge >= 0.3 is 0 Å². The van der Waals surface area contributed by atoms with Crippen molar-refractivity contribution in [3.63, 3.8) is 0 Å². The van der Waals surface area contributed by atoms with Crippen LogP contribution in [0.1, 0.15) is 6.92 Å². The van der Waals surface area contributed by atoms with Crippen molar-refractivity contribution in [2.45, 2.75) is 13.2 Å². The second kappa shape index (κ2) is 4.29. The fourth-order valence-corrected chi connectivity index (χ4v) is 1.52. The maximum atomic E-state index is 5.64. The lowest BCUT2D eigenvalue weighted by atomic mass is 10.1. The highest BCUT2D eigenvalue weighted by atomic mass is 16.5. The minimum atomic E-state index is -0.198. The summed E-state index contributed by atoms with van der Waals surface area (Å²) in [6.07, 6.45) is -0.198. The summed E-state index contributed by atoms with van der Waals surface area (Å²) in [4.78, 5) is 0. The Kier molecular flexibility index (Phi) is 2.85. The second-order valence-corrected chi connectivity index (χ2v) is 3.40. The van der Waals surface area contributed by atoms with Gasteiger partial charge in [-0.2, -0.15) is 0 Å². The van der Waals surface area contributed by atoms with Crippen molar-refractivity contribution in [1.29, 1.82) is 0 Å². The van der Waals surface area contributed by atoms with Gasteiger partial charge in [0, 0.05) is 5.39 Å². The third-order valence-electron chi connectivity index (χ3n) is 2.29. The summed E-state index contributed by atoms with van der Waals surface area (Å²) in [5.41, 5.74) is 2.56. The Labute approximate surface area is 88.8 Å². The minimum absolute atomic E-state index is 0.198. The van der Waals surface area contributed by atoms with E-state index in [1.54, 1.807) is 0 Å². The summed E-state index contributed by atoms with van der Waals surface area (Å²) in [5.74, 6) is 6.13. The molecule has 1 atom stereocenters. The van der Waals surface area contributed by atoms with Gasteiger partial charge in [0.15, 0.2) is 6.23 Å². The Balaban J connectivity index is 2.42. The zero-order chi connectivity index (χ0) is 10.7. The van der Waals surface area contributed by atoms with Crippen LogP contribution in [-0.2, 0) is 0 Å². The van der Waals surface area contributed by atoms with Gasteiger partial charge in [0.25, 0.3) is 0 Å². The first-order valence-corrected chi connectivity index (χ1v) is 4.92. The van der Waals surface area contributed by atoms with E-state index in [1.807, 2.05) is 37.3 Å². The molecular weight excluding hydrogens is 188 g/mol. The first-order valence-electron chi connectivity index (χ1n) is 4.92. The van der Waals surface area contributed by atoms with Gasteiger partial charge in [0.05, 0.1) is 0 Å². The summed E-state index contributed by atoms with van der Waals surface area (Å²) < 4.78 is 5.64. The molecule has 0 radical (unpaired) electrons. The Hall–Kier alpha value is -1.58. The maximum Gasteiger partial charge on any atom is 0.159 e. The number of nitrogens with two attached hydrogens (primary N) is 1. The molecule has 0 aliphatic rings. The Bertz CT molecular complexity index is 451. The zero-order valence-electron chi connectivity index (χ0n) is 8.60. The van der Waals surface area contributed by atoms with Crippen LogP contribution in [0.3, 0.4) is 0 Å². The van der Waals surface area contributed by atoms with Crippen LogP contribution in [0.25, 0.3) is 10.8 Å². The SMILES string of the molecule is CC(NN)Oc1cccc2ccccc12. The lowest BCUT2D eigenvalue weighted by Crippen LogP contribution is -2.36. The summed E-state index contributed by atoms with van der Waals surface area (Å²) >= 11 is 0. The fraction of sp³-hybridized carbons (Fsp3) is 0.167. The summed E-state index contributed by atoms with van der Waals surface area (Å²) in [5, 5.41) is 2.27. The topological polar surface area (TPSA) is 47.3 Å². The average Bonchev–Trinajstić information content (AvgIpc) is 2.29. The fourth-order valence-electron chi connectivity index (χ4n) is 1.52. The molecule has 0 bridgehead atoms. The molecule has 0 saturated carbocycles. The highest BCUT2D eigenvalue weighted by molar-refractivity contribution is 5.88. The number of ether oxygens (including phenoxy) is 1. The normalized spacial score (nSPS) is 12.7. The Morgan fingerprint density at radius 2 is 1.87 bits per heavy atom. The van der Waals surface area contributed by atoms with Crippen LogP contribution in [0.5, 0.6) is 5.75 Å². The molecule has 1 unspecified atom stereocenters. The Morgan fingerprint density at radius 1 is 1.13 bits per heavy atom. The quantitative estimate of drug-likeness (QED) is 0.455. The molecule has 78 valence electrons. The molecule has 2 rings (SSSR count). The lowest BCUT2D eigenvalue weighted by molar-refractivity contribution is 0.187. The van der Waals surface area contributed by atoms with Crippen molar-refractivity contribution in [3.8, 4) is 5.75 Å². The van der Waals surface area contributed by atoms with Gasteiger partial charge in [0.2, 0.25) is 0 Å². The third-order valence-corrected chi connectivity index (χ3v) is 2.29. The number of hydrogen-bond acceptors (Lipinski definition) is 3. The van der Waals surface area contributed by atoms with Gasteiger partial charge in [-0.3, -0.25) is 5.84 Å². The van der Waals surface area contributed by atoms with Crippen LogP contribution in [0, 0.1) is 0 Å². The van der Waals surface area contributed by atoms with E-state index in [0.717, 1.165) is 11.1 Å². The van der Waals surface area contributed by atoms with Crippen LogP contribution >= 0.6 is 0 Å². The van der Waals surface area contributed by atoms with E-state index < -0.39 is 0 Å². The van der Waals surface area contributed by atoms with Gasteiger partial charge < -0.3 is 4.74 Å². The van der Waals surface area contributed by atoms with E-state index in [2.05, 4.69) is 17.6 Å². The van der Waals surface area contributed by atoms with Gasteiger partial charge in [-0.25, -0.2) is 5.43 Å². The van der Waals surface area contributed by atoms with Crippen LogP contribution in [0.2, 0.25) is 0 Å². The molecule has 0 aliphatic carbocycles. The molecule has 3 nitrogen and oxygen atoms in total. The molecule has 0 fully saturated rings. The molecule has 3 N–H and O–H groups in total. The van der Waals surface area contributed by atoms with Crippen LogP contribution < -0.4 is 16.0 Å². The number of hydrogen-bond donors (Lipinski definition) is 2. The van der Waals surface area contributed by atoms with Gasteiger partial charge in [-0.1, -0.05) is 36.4 Å². The van der Waals surface area contributed by atoms with Crippen molar-refractivity contribution in [2.24, 2.45) is 5.84 Å². The summed E-state index contributed by atoms with van der Waals surface area (Å²) in [7, 11) is 0. The molecule has 2 aromatic carbocycles. The average molecular weight is 202 g/mol. The van der Waals surface area contributed by atoms with E-state index in [1.165, 1.54) is 5.39 Å². The smallest absolute Gasteiger partial charge is 0.159 e. The van der Waals surface area contributed by atoms with Crippen LogP contribution in [-0.4, -0.2) is 6.23 Å². The largest absolute Gasteiger partial charge is 0.474 e. The summed E-state index contributed by atoms with van der Waals surface area (Å²) in [6.45, 7) is 1.86. The van der Waals surface area contributed by atoms with E-state index in [-0.39, 0.29) is 6.23 Å². The first kappa shape index (κ1) is 9.96. The lowest BCUT2D eigenvalue weighted by Gasteiger charge is -2.14. The number of fused-ring (bicyclic) bond motifs is 1. The van der Waals surface area contributed by atoms with E-state index in [4.69, 9.17) is 10.6 Å². The van der Waals surface area contributed by atoms with Gasteiger partial charge in [-0.05, 0) is 18.4 Å². The van der Waals surface area contributed by atoms with Gasteiger partial charge in [0.1, 0.15) is 5.75 Å². The predicted molar refractivity (Wildman–Crippen MR) is 61.4 cm³/mol. The zero-order valence-corrected chi connectivity index (χ0v) is 8.60. The van der Waals surface area contributed by atoms with E-state index >= 15 is 0 Å². The number of benzene rings is 2. The highest BCUT2D eigenvalue weighted by Crippen LogP contribution is 2.25. The summed E-state index contributed by atoms with van der Waals surface area (Å²) in [6, 6.07) is 14.1. The molecular formula is C12H14N2O. The van der Waals surface area contributed by atoms with Gasteiger partial charge in [-0.15, -0.1) is 0 Å². The minimum Gasteiger partial charge on any atom is -0.474 e. The molecule has 0 saturated heterocycles. The monoisotopic (exact) mass is 202 g/mol. The third kappa shape index (κ3) is 2.09. The van der Waals surface area contributed by atoms with Crippen molar-refractivity contribution in [3.05, 3.63) is 42.5 Å². The molecule has 0 aliphatic heterocycles. The molecule has 2 aromatic rings. The van der Waals surface area contributed by atoms with E-state index in [9.17, 15) is 0 Å². The number of hydrazine groups is 1. The first-order chi connectivity index (χ1) is 7.31. The Morgan fingerprint density at radius 3 is 2.67 bits per heavy atom. The number of nitrogens with one attached hydrogen (secondary N) is 1. The molecule has 0 aromatic heterocycles. The molecule has 15 heavy (non-hydrogen) atoms. The molecule has 0 spiro atoms. The standard InChI is InChI=1S/C12H14N2O/c1-9(14-13)15-12-8-4-6-10-5-2-3-7-11(10)12/h2-9,14H,13H2,1H3. The van der Waals surface area contributed by atoms with E-state index in [0.29, 0.717) is 0 Å². The molecule has 0 amide bonds. The number of rotatable bonds is 3. The maximum absolute atomic E-state index is 5.64. The van der Waals surface area contributed by atoms with Crippen LogP contribution in [0.15, 0.2) is 42.5 Å². The highest BCUT2D eigenvalue weighted by Gasteiger charge is 2.04. The second-order valence-electron chi connectivity index (χ2n) is 3.40. The molecule has 3 heteroatoms.